The van der Waals surface area contributed by atoms with Crippen LogP contribution in [0.3, 0.4) is 0 Å². The smallest absolute Gasteiger partial charge is 0.128 e. The molecule has 2 heterocycles. The molecule has 126 valence electrons. The lowest BCUT2D eigenvalue weighted by Crippen LogP contribution is -2.44. The highest BCUT2D eigenvalue weighted by Gasteiger charge is 2.15. The van der Waals surface area contributed by atoms with Crippen molar-refractivity contribution in [2.24, 2.45) is 5.73 Å². The number of rotatable bonds is 4. The minimum absolute atomic E-state index is 0.176. The molecule has 0 aromatic carbocycles. The molecule has 0 atom stereocenters. The number of pyridine rings is 1. The van der Waals surface area contributed by atoms with Gasteiger partial charge in [-0.2, -0.15) is 0 Å². The van der Waals surface area contributed by atoms with Gasteiger partial charge in [0.15, 0.2) is 0 Å². The van der Waals surface area contributed by atoms with Crippen LogP contribution in [0.1, 0.15) is 26.5 Å². The van der Waals surface area contributed by atoms with Gasteiger partial charge in [0.05, 0.1) is 0 Å². The van der Waals surface area contributed by atoms with Crippen molar-refractivity contribution in [3.05, 3.63) is 23.9 Å². The van der Waals surface area contributed by atoms with Gasteiger partial charge in [0, 0.05) is 50.4 Å². The van der Waals surface area contributed by atoms with Gasteiger partial charge in [-0.05, 0) is 47.0 Å². The summed E-state index contributed by atoms with van der Waals surface area (Å²) in [6.45, 7) is 12.0. The molecular weight excluding hydrogens is 274 g/mol. The maximum atomic E-state index is 4.81. The zero-order valence-electron chi connectivity index (χ0n) is 14.9. The molecule has 1 saturated heterocycles. The third kappa shape index (κ3) is 6.73. The van der Waals surface area contributed by atoms with Crippen LogP contribution in [0.25, 0.3) is 0 Å². The highest BCUT2D eigenvalue weighted by molar-refractivity contribution is 5.39. The quantitative estimate of drug-likeness (QED) is 0.879. The van der Waals surface area contributed by atoms with Crippen molar-refractivity contribution in [2.75, 3.05) is 51.7 Å². The van der Waals surface area contributed by atoms with Crippen LogP contribution in [0, 0.1) is 0 Å². The van der Waals surface area contributed by atoms with Gasteiger partial charge in [-0.3, -0.25) is 0 Å². The fraction of sp³-hybridized carbons (Fsp3) is 0.706. The van der Waals surface area contributed by atoms with Crippen molar-refractivity contribution in [2.45, 2.75) is 32.7 Å². The van der Waals surface area contributed by atoms with Crippen molar-refractivity contribution in [3.63, 3.8) is 0 Å². The normalized spacial score (nSPS) is 16.2. The van der Waals surface area contributed by atoms with Crippen LogP contribution >= 0.6 is 0 Å². The Bertz CT molecular complexity index is 419. The molecule has 1 aliphatic rings. The Balaban J connectivity index is 0.00000116. The van der Waals surface area contributed by atoms with E-state index < -0.39 is 0 Å². The molecule has 1 aliphatic heterocycles. The second-order valence-electron chi connectivity index (χ2n) is 6.70. The number of piperazine rings is 1. The third-order valence-electron chi connectivity index (χ3n) is 3.66. The van der Waals surface area contributed by atoms with Crippen molar-refractivity contribution in [3.8, 4) is 0 Å². The van der Waals surface area contributed by atoms with Crippen molar-refractivity contribution >= 4 is 5.82 Å². The molecule has 0 bridgehead atoms. The number of nitrogens with zero attached hydrogens (tertiary/aromatic N) is 3. The summed E-state index contributed by atoms with van der Waals surface area (Å²) in [6.07, 6.45) is 0.985. The third-order valence-corrected chi connectivity index (χ3v) is 3.66. The number of likely N-dealkylation sites (N-methyl/N-ethyl adjacent to an activating group) is 1. The van der Waals surface area contributed by atoms with E-state index in [9.17, 15) is 0 Å². The first-order chi connectivity index (χ1) is 10.4. The zero-order chi connectivity index (χ0) is 16.6. The molecule has 5 heteroatoms. The molecule has 22 heavy (non-hydrogen) atoms. The number of anilines is 1. The predicted octanol–water partition coefficient (Wildman–Crippen LogP) is 1.34. The molecule has 0 saturated carbocycles. The van der Waals surface area contributed by atoms with E-state index in [0.717, 1.165) is 45.0 Å². The lowest BCUT2D eigenvalue weighted by atomic mass is 10.1. The molecule has 0 unspecified atom stereocenters. The van der Waals surface area contributed by atoms with Crippen LogP contribution in [0.15, 0.2) is 18.2 Å². The number of hydrogen-bond donors (Lipinski definition) is 2. The summed E-state index contributed by atoms with van der Waals surface area (Å²) in [5.41, 5.74) is 5.85. The summed E-state index contributed by atoms with van der Waals surface area (Å²) in [7, 11) is 3.68. The molecule has 5 nitrogen and oxygen atoms in total. The molecule has 2 rings (SSSR count). The van der Waals surface area contributed by atoms with Gasteiger partial charge >= 0.3 is 0 Å². The van der Waals surface area contributed by atoms with E-state index >= 15 is 0 Å². The summed E-state index contributed by atoms with van der Waals surface area (Å²) < 4.78 is 0. The zero-order valence-corrected chi connectivity index (χ0v) is 14.9. The fourth-order valence-corrected chi connectivity index (χ4v) is 2.38. The van der Waals surface area contributed by atoms with Gasteiger partial charge in [0.2, 0.25) is 0 Å². The SMILES string of the molecule is CN.CN1CCN(c2cccc(CCNC(C)(C)C)n2)CC1. The predicted molar refractivity (Wildman–Crippen MR) is 95.5 cm³/mol. The Kier molecular flexibility index (Phi) is 7.79. The van der Waals surface area contributed by atoms with Gasteiger partial charge < -0.3 is 20.9 Å². The maximum Gasteiger partial charge on any atom is 0.128 e. The van der Waals surface area contributed by atoms with Crippen LogP contribution in [0.5, 0.6) is 0 Å². The van der Waals surface area contributed by atoms with Gasteiger partial charge in [-0.15, -0.1) is 0 Å². The molecule has 0 radical (unpaired) electrons. The van der Waals surface area contributed by atoms with Crippen LogP contribution in [-0.2, 0) is 6.42 Å². The van der Waals surface area contributed by atoms with Crippen LogP contribution in [0.4, 0.5) is 5.82 Å². The van der Waals surface area contributed by atoms with E-state index in [1.165, 1.54) is 12.7 Å². The van der Waals surface area contributed by atoms with Crippen LogP contribution in [0.2, 0.25) is 0 Å². The highest BCUT2D eigenvalue weighted by atomic mass is 15.3. The first-order valence-electron chi connectivity index (χ1n) is 8.16. The van der Waals surface area contributed by atoms with Crippen molar-refractivity contribution < 1.29 is 0 Å². The minimum Gasteiger partial charge on any atom is -0.354 e. The van der Waals surface area contributed by atoms with Crippen LogP contribution < -0.4 is 16.0 Å². The van der Waals surface area contributed by atoms with E-state index in [0.29, 0.717) is 0 Å². The minimum atomic E-state index is 0.176. The molecule has 0 aliphatic carbocycles. The largest absolute Gasteiger partial charge is 0.354 e. The summed E-state index contributed by atoms with van der Waals surface area (Å²) >= 11 is 0. The van der Waals surface area contributed by atoms with E-state index in [-0.39, 0.29) is 5.54 Å². The highest BCUT2D eigenvalue weighted by Crippen LogP contribution is 2.14. The van der Waals surface area contributed by atoms with E-state index in [1.54, 1.807) is 0 Å². The van der Waals surface area contributed by atoms with Crippen molar-refractivity contribution in [1.29, 1.82) is 0 Å². The summed E-state index contributed by atoms with van der Waals surface area (Å²) in [4.78, 5) is 9.57. The molecule has 0 amide bonds. The second-order valence-corrected chi connectivity index (χ2v) is 6.70. The van der Waals surface area contributed by atoms with E-state index in [2.05, 4.69) is 66.9 Å². The first kappa shape index (κ1) is 18.9. The average molecular weight is 307 g/mol. The lowest BCUT2D eigenvalue weighted by Gasteiger charge is -2.33. The van der Waals surface area contributed by atoms with E-state index in [1.807, 2.05) is 0 Å². The fourth-order valence-electron chi connectivity index (χ4n) is 2.38. The van der Waals surface area contributed by atoms with Crippen molar-refractivity contribution in [1.82, 2.24) is 15.2 Å². The maximum absolute atomic E-state index is 4.81. The van der Waals surface area contributed by atoms with Gasteiger partial charge in [-0.25, -0.2) is 4.98 Å². The first-order valence-corrected chi connectivity index (χ1v) is 8.16. The van der Waals surface area contributed by atoms with Gasteiger partial charge in [0.25, 0.3) is 0 Å². The monoisotopic (exact) mass is 307 g/mol. The average Bonchev–Trinajstić information content (AvgIpc) is 2.49. The molecule has 1 aromatic rings. The van der Waals surface area contributed by atoms with Gasteiger partial charge in [-0.1, -0.05) is 6.07 Å². The molecule has 1 aromatic heterocycles. The molecule has 0 spiro atoms. The Morgan fingerprint density at radius 2 is 1.77 bits per heavy atom. The van der Waals surface area contributed by atoms with E-state index in [4.69, 9.17) is 4.98 Å². The standard InChI is InChI=1S/C16H28N4.CH5N/c1-16(2,3)17-9-8-14-6-5-7-15(18-14)20-12-10-19(4)11-13-20;1-2/h5-7,17H,8-13H2,1-4H3;2H2,1H3. The summed E-state index contributed by atoms with van der Waals surface area (Å²) in [5.74, 6) is 1.13. The van der Waals surface area contributed by atoms with Gasteiger partial charge in [0.1, 0.15) is 5.82 Å². The summed E-state index contributed by atoms with van der Waals surface area (Å²) in [5, 5.41) is 3.51. The molecule has 1 fully saturated rings. The molecular formula is C17H33N5. The Morgan fingerprint density at radius 3 is 2.36 bits per heavy atom. The lowest BCUT2D eigenvalue weighted by molar-refractivity contribution is 0.312. The number of hydrogen-bond acceptors (Lipinski definition) is 5. The Hall–Kier alpha value is -1.17. The number of aromatic nitrogens is 1. The Morgan fingerprint density at radius 1 is 1.14 bits per heavy atom. The second kappa shape index (κ2) is 9.08. The topological polar surface area (TPSA) is 57.4 Å². The molecule has 3 N–H and O–H groups in total. The van der Waals surface area contributed by atoms with Crippen LogP contribution in [-0.4, -0.2) is 62.2 Å². The number of nitrogens with two attached hydrogens (primary N) is 1. The number of nitrogens with one attached hydrogen (secondary N) is 1. The Labute approximate surface area is 135 Å². The summed E-state index contributed by atoms with van der Waals surface area (Å²) in [6, 6.07) is 6.39.